The zero-order chi connectivity index (χ0) is 43.4. The number of rotatable bonds is 29. The van der Waals surface area contributed by atoms with E-state index in [1.807, 2.05) is 4.90 Å². The second kappa shape index (κ2) is 24.3. The predicted octanol–water partition coefficient (Wildman–Crippen LogP) is -1.19. The summed E-state index contributed by atoms with van der Waals surface area (Å²) in [7, 11) is 3.24. The molecule has 0 aliphatic rings. The number of imidazole rings is 2. The molecule has 23 heteroatoms. The number of carbonyl (C=O) groups is 9. The number of carboxylic acid groups (broad SMARTS) is 5. The molecule has 0 unspecified atom stereocenters. The molecule has 4 amide bonds. The summed E-state index contributed by atoms with van der Waals surface area (Å²) in [5.74, 6) is -7.97. The number of nitrogens with one attached hydrogen (secondary N) is 3. The van der Waals surface area contributed by atoms with Crippen molar-refractivity contribution in [3.05, 3.63) is 36.4 Å². The molecule has 2 rings (SSSR count). The highest BCUT2D eigenvalue weighted by Gasteiger charge is 2.26. The molecule has 0 aliphatic carbocycles. The smallest absolute Gasteiger partial charge is 0.326 e. The Kier molecular flexibility index (Phi) is 20.0. The van der Waals surface area contributed by atoms with Crippen LogP contribution in [0.2, 0.25) is 0 Å². The number of unbranched alkanes of at least 4 members (excludes halogenated alkanes) is 1. The van der Waals surface area contributed by atoms with Gasteiger partial charge in [0.15, 0.2) is 6.54 Å². The van der Waals surface area contributed by atoms with Crippen LogP contribution in [0, 0.1) is 5.92 Å². The monoisotopic (exact) mass is 822 g/mol. The Bertz CT molecular complexity index is 1740. The lowest BCUT2D eigenvalue weighted by molar-refractivity contribution is -0.692. The molecule has 23 nitrogen and oxygen atoms in total. The maximum absolute atomic E-state index is 13.0. The van der Waals surface area contributed by atoms with Gasteiger partial charge in [0.1, 0.15) is 56.2 Å². The molecule has 0 bridgehead atoms. The summed E-state index contributed by atoms with van der Waals surface area (Å²) < 4.78 is 3.17. The Morgan fingerprint density at radius 2 is 1.53 bits per heavy atom. The molecule has 0 fully saturated rings. The summed E-state index contributed by atoms with van der Waals surface area (Å²) >= 11 is 0. The number of aliphatic carboxylic acids is 5. The number of aromatic nitrogens is 4. The first-order valence-electron chi connectivity index (χ1n) is 18.3. The fourth-order valence-electron chi connectivity index (χ4n) is 5.66. The number of likely N-dealkylation sites (N-methyl/N-ethyl adjacent to an activating group) is 1. The minimum atomic E-state index is -1.45. The van der Waals surface area contributed by atoms with E-state index in [-0.39, 0.29) is 70.6 Å². The lowest BCUT2D eigenvalue weighted by Crippen LogP contribution is -2.46. The molecule has 0 aromatic carbocycles. The molecule has 0 aliphatic heterocycles. The highest BCUT2D eigenvalue weighted by atomic mass is 16.4. The normalized spacial score (nSPS) is 12.0. The molecule has 0 saturated carbocycles. The van der Waals surface area contributed by atoms with Gasteiger partial charge >= 0.3 is 35.9 Å². The van der Waals surface area contributed by atoms with Gasteiger partial charge in [-0.1, -0.05) is 6.42 Å². The van der Waals surface area contributed by atoms with E-state index in [9.17, 15) is 63.6 Å². The first-order chi connectivity index (χ1) is 27.4. The number of aromatic amines is 1. The average molecular weight is 823 g/mol. The number of ketones is 1. The summed E-state index contributed by atoms with van der Waals surface area (Å²) in [4.78, 5) is 119. The highest BCUT2D eigenvalue weighted by molar-refractivity contribution is 5.86. The van der Waals surface area contributed by atoms with E-state index in [1.54, 1.807) is 31.1 Å². The minimum Gasteiger partial charge on any atom is -0.481 e. The molecule has 2 aromatic rings. The van der Waals surface area contributed by atoms with Crippen LogP contribution in [0.3, 0.4) is 0 Å². The third-order valence-corrected chi connectivity index (χ3v) is 8.77. The first-order valence-corrected chi connectivity index (χ1v) is 18.3. The van der Waals surface area contributed by atoms with Crippen LogP contribution >= 0.6 is 0 Å². The van der Waals surface area contributed by atoms with Crippen LogP contribution in [0.4, 0.5) is 4.79 Å². The van der Waals surface area contributed by atoms with Crippen LogP contribution < -0.4 is 15.2 Å². The van der Waals surface area contributed by atoms with E-state index in [0.29, 0.717) is 35.9 Å². The number of carboxylic acids is 5. The summed E-state index contributed by atoms with van der Waals surface area (Å²) in [5.41, 5.74) is 0. The molecular weight excluding hydrogens is 770 g/mol. The molecule has 8 N–H and O–H groups in total. The summed E-state index contributed by atoms with van der Waals surface area (Å²) in [6.07, 6.45) is 6.06. The van der Waals surface area contributed by atoms with Crippen molar-refractivity contribution in [2.75, 3.05) is 40.3 Å². The van der Waals surface area contributed by atoms with Gasteiger partial charge < -0.3 is 50.5 Å². The number of Topliss-reactive ketones (excluding diaryl/α,β-unsaturated/α-hetero) is 1. The van der Waals surface area contributed by atoms with Crippen molar-refractivity contribution < 1.29 is 73.3 Å². The SMILES string of the molecule is CN(C)C(=O)C[n+]1cc[nH]c1CN(CCCC[C@H](CC(=O)CC[C@H](NC(=O)NCCCC(=O)O)C(=O)O)C(=O)O)Cc1nccn1CC(=O)N(CC(=O)O)CC(=O)O. The Morgan fingerprint density at radius 1 is 0.845 bits per heavy atom. The average Bonchev–Trinajstić information content (AvgIpc) is 3.76. The van der Waals surface area contributed by atoms with Gasteiger partial charge in [-0.25, -0.2) is 24.1 Å². The van der Waals surface area contributed by atoms with Crippen LogP contribution in [-0.2, 0) is 64.5 Å². The molecule has 2 aromatic heterocycles. The zero-order valence-corrected chi connectivity index (χ0v) is 32.4. The standard InChI is InChI=1S/C35H51N9O14/c1-40(2)28(46)19-42-14-11-36-26(42)17-41(18-27-37-12-15-43(27)20-29(47)44(21-31(50)51)22-32(52)53)13-4-3-6-23(33(54)55)16-24(45)8-9-25(34(56)57)39-35(58)38-10-5-7-30(48)49/h11-12,14-15,23,25H,3-10,13,16-22H2,1-2H3,(H7,38,39,48,49,50,51,52,53,54,55,56,57,58)/p+1/t23-,25+/m1/s1. The van der Waals surface area contributed by atoms with E-state index in [0.717, 1.165) is 0 Å². The van der Waals surface area contributed by atoms with E-state index < -0.39 is 79.2 Å². The van der Waals surface area contributed by atoms with Gasteiger partial charge in [0.2, 0.25) is 5.91 Å². The molecule has 0 spiro atoms. The molecule has 2 heterocycles. The van der Waals surface area contributed by atoms with Crippen molar-refractivity contribution in [1.82, 2.24) is 39.9 Å². The maximum Gasteiger partial charge on any atom is 0.326 e. The Morgan fingerprint density at radius 3 is 2.14 bits per heavy atom. The summed E-state index contributed by atoms with van der Waals surface area (Å²) in [6, 6.07) is -2.30. The quantitative estimate of drug-likeness (QED) is 0.0353. The minimum absolute atomic E-state index is 0.0121. The van der Waals surface area contributed by atoms with Gasteiger partial charge in [0.25, 0.3) is 11.7 Å². The van der Waals surface area contributed by atoms with Crippen LogP contribution in [-0.4, -0.2) is 155 Å². The lowest BCUT2D eigenvalue weighted by atomic mass is 9.94. The van der Waals surface area contributed by atoms with Gasteiger partial charge in [0, 0.05) is 52.3 Å². The van der Waals surface area contributed by atoms with Crippen LogP contribution in [0.1, 0.15) is 63.0 Å². The lowest BCUT2D eigenvalue weighted by Gasteiger charge is -2.23. The maximum atomic E-state index is 13.0. The number of carbonyl (C=O) groups excluding carboxylic acids is 4. The molecule has 0 saturated heterocycles. The van der Waals surface area contributed by atoms with Crippen molar-refractivity contribution in [2.45, 2.75) is 83.6 Å². The van der Waals surface area contributed by atoms with Gasteiger partial charge in [0.05, 0.1) is 12.5 Å². The third kappa shape index (κ3) is 18.0. The van der Waals surface area contributed by atoms with Crippen molar-refractivity contribution in [1.29, 1.82) is 0 Å². The Hall–Kier alpha value is -6.39. The van der Waals surface area contributed by atoms with Gasteiger partial charge in [-0.15, -0.1) is 0 Å². The molecule has 0 radical (unpaired) electrons. The predicted molar refractivity (Wildman–Crippen MR) is 197 cm³/mol. The number of hydrogen-bond acceptors (Lipinski definition) is 11. The number of nitrogens with zero attached hydrogens (tertiary/aromatic N) is 6. The van der Waals surface area contributed by atoms with Crippen LogP contribution in [0.25, 0.3) is 0 Å². The summed E-state index contributed by atoms with van der Waals surface area (Å²) in [6.45, 7) is -1.32. The van der Waals surface area contributed by atoms with E-state index in [2.05, 4.69) is 20.6 Å². The molecule has 320 valence electrons. The van der Waals surface area contributed by atoms with Gasteiger partial charge in [-0.2, -0.15) is 0 Å². The van der Waals surface area contributed by atoms with Crippen LogP contribution in [0.5, 0.6) is 0 Å². The number of hydrogen-bond donors (Lipinski definition) is 8. The fraction of sp³-hybridized carbons (Fsp3) is 0.571. The third-order valence-electron chi connectivity index (χ3n) is 8.77. The van der Waals surface area contributed by atoms with E-state index in [1.165, 1.54) is 21.9 Å². The number of urea groups is 1. The second-order valence-electron chi connectivity index (χ2n) is 13.6. The second-order valence-corrected chi connectivity index (χ2v) is 13.6. The fourth-order valence-corrected chi connectivity index (χ4v) is 5.66. The summed E-state index contributed by atoms with van der Waals surface area (Å²) in [5, 5.41) is 50.9. The Balaban J connectivity index is 2.10. The largest absolute Gasteiger partial charge is 0.481 e. The number of amides is 4. The van der Waals surface area contributed by atoms with Crippen molar-refractivity contribution in [2.24, 2.45) is 5.92 Å². The van der Waals surface area contributed by atoms with E-state index >= 15 is 0 Å². The molecule has 58 heavy (non-hydrogen) atoms. The molecule has 2 atom stereocenters. The highest BCUT2D eigenvalue weighted by Crippen LogP contribution is 2.18. The topological polar surface area (TPSA) is 326 Å². The van der Waals surface area contributed by atoms with Crippen molar-refractivity contribution >= 4 is 53.5 Å². The van der Waals surface area contributed by atoms with Crippen molar-refractivity contribution in [3.8, 4) is 0 Å². The van der Waals surface area contributed by atoms with Gasteiger partial charge in [-0.05, 0) is 32.2 Å². The van der Waals surface area contributed by atoms with Crippen LogP contribution in [0.15, 0.2) is 24.8 Å². The number of H-pyrrole nitrogens is 1. The first kappa shape index (κ1) is 47.8. The zero-order valence-electron chi connectivity index (χ0n) is 32.4. The van der Waals surface area contributed by atoms with Crippen molar-refractivity contribution in [3.63, 3.8) is 0 Å². The van der Waals surface area contributed by atoms with E-state index in [4.69, 9.17) is 5.11 Å². The van der Waals surface area contributed by atoms with Gasteiger partial charge in [-0.3, -0.25) is 38.5 Å². The Labute approximate surface area is 332 Å². The molecular formula is C35H52N9O14+.